The maximum Gasteiger partial charge on any atom is 0.325 e. The molecule has 102 valence electrons. The zero-order chi connectivity index (χ0) is 13.8. The third-order valence-electron chi connectivity index (χ3n) is 2.04. The Kier molecular flexibility index (Phi) is 4.82. The minimum atomic E-state index is -3.91. The fourth-order valence-electron chi connectivity index (χ4n) is 1.22. The highest BCUT2D eigenvalue weighted by Gasteiger charge is 2.17. The predicted molar refractivity (Wildman–Crippen MR) is 66.0 cm³/mol. The van der Waals surface area contributed by atoms with Crippen molar-refractivity contribution >= 4 is 10.0 Å². The van der Waals surface area contributed by atoms with E-state index in [1.807, 2.05) is 18.8 Å². The summed E-state index contributed by atoms with van der Waals surface area (Å²) in [4.78, 5) is 25.5. The highest BCUT2D eigenvalue weighted by Crippen LogP contribution is 1.96. The predicted octanol–water partition coefficient (Wildman–Crippen LogP) is -1.66. The summed E-state index contributed by atoms with van der Waals surface area (Å²) < 4.78 is 25.7. The van der Waals surface area contributed by atoms with Crippen LogP contribution in [0.3, 0.4) is 0 Å². The first-order chi connectivity index (χ1) is 8.33. The average Bonchev–Trinajstić information content (AvgIpc) is 2.23. The monoisotopic (exact) mass is 276 g/mol. The molecule has 0 aliphatic carbocycles. The van der Waals surface area contributed by atoms with Gasteiger partial charge in [0.15, 0.2) is 4.90 Å². The highest BCUT2D eigenvalue weighted by atomic mass is 32.2. The lowest BCUT2D eigenvalue weighted by Crippen LogP contribution is -2.37. The van der Waals surface area contributed by atoms with Crippen molar-refractivity contribution in [3.8, 4) is 0 Å². The van der Waals surface area contributed by atoms with Gasteiger partial charge in [-0.25, -0.2) is 17.9 Å². The van der Waals surface area contributed by atoms with Gasteiger partial charge >= 0.3 is 5.69 Å². The van der Waals surface area contributed by atoms with Crippen molar-refractivity contribution in [2.75, 3.05) is 13.1 Å². The van der Waals surface area contributed by atoms with Crippen LogP contribution >= 0.6 is 0 Å². The van der Waals surface area contributed by atoms with Crippen molar-refractivity contribution in [1.82, 2.24) is 20.0 Å². The van der Waals surface area contributed by atoms with Crippen LogP contribution < -0.4 is 21.3 Å². The molecule has 0 spiro atoms. The smallest absolute Gasteiger partial charge is 0.313 e. The zero-order valence-electron chi connectivity index (χ0n) is 10.1. The van der Waals surface area contributed by atoms with E-state index < -0.39 is 26.2 Å². The van der Waals surface area contributed by atoms with Crippen molar-refractivity contribution in [2.45, 2.75) is 24.8 Å². The molecule has 1 aromatic rings. The fourth-order valence-corrected chi connectivity index (χ4v) is 2.26. The Bertz CT molecular complexity index is 601. The second kappa shape index (κ2) is 5.94. The van der Waals surface area contributed by atoms with E-state index in [0.29, 0.717) is 6.54 Å². The van der Waals surface area contributed by atoms with Crippen molar-refractivity contribution in [3.05, 3.63) is 27.0 Å². The molecule has 0 radical (unpaired) electrons. The molecule has 4 N–H and O–H groups in total. The van der Waals surface area contributed by atoms with Crippen LogP contribution in [0, 0.1) is 0 Å². The first-order valence-electron chi connectivity index (χ1n) is 5.38. The molecular formula is C9H16N4O4S. The minimum absolute atomic E-state index is 0.152. The van der Waals surface area contributed by atoms with Crippen molar-refractivity contribution in [1.29, 1.82) is 0 Å². The van der Waals surface area contributed by atoms with Gasteiger partial charge in [-0.3, -0.25) is 9.78 Å². The van der Waals surface area contributed by atoms with Crippen molar-refractivity contribution in [2.24, 2.45) is 0 Å². The fraction of sp³-hybridized carbons (Fsp3) is 0.556. The highest BCUT2D eigenvalue weighted by molar-refractivity contribution is 7.89. The normalized spacial score (nSPS) is 11.9. The maximum absolute atomic E-state index is 11.7. The molecule has 0 bridgehead atoms. The molecule has 0 atom stereocenters. The van der Waals surface area contributed by atoms with Crippen LogP contribution in [0.25, 0.3) is 0 Å². The Morgan fingerprint density at radius 1 is 1.28 bits per heavy atom. The molecule has 1 aromatic heterocycles. The summed E-state index contributed by atoms with van der Waals surface area (Å²) >= 11 is 0. The Balaban J connectivity index is 2.75. The number of rotatable bonds is 6. The third kappa shape index (κ3) is 4.09. The number of aromatic amines is 2. The van der Waals surface area contributed by atoms with Gasteiger partial charge in [-0.2, -0.15) is 0 Å². The van der Waals surface area contributed by atoms with E-state index in [-0.39, 0.29) is 12.6 Å². The molecule has 0 amide bonds. The number of sulfonamides is 1. The molecule has 18 heavy (non-hydrogen) atoms. The standard InChI is InChI=1S/C9H16N4O4S/c1-6(2)10-3-4-12-18(16,17)7-5-11-9(15)13-8(7)14/h5-6,10,12H,3-4H2,1-2H3,(H2,11,13,14,15). The molecule has 0 aliphatic heterocycles. The van der Waals surface area contributed by atoms with Gasteiger partial charge in [0.25, 0.3) is 5.56 Å². The van der Waals surface area contributed by atoms with Crippen LogP contribution in [0.5, 0.6) is 0 Å². The average molecular weight is 276 g/mol. The Hall–Kier alpha value is -1.45. The van der Waals surface area contributed by atoms with Gasteiger partial charge in [0.1, 0.15) is 0 Å². The quantitative estimate of drug-likeness (QED) is 0.463. The molecule has 1 heterocycles. The van der Waals surface area contributed by atoms with E-state index in [1.165, 1.54) is 0 Å². The molecule has 1 rings (SSSR count). The SMILES string of the molecule is CC(C)NCCNS(=O)(=O)c1c[nH]c(=O)[nH]c1=O. The van der Waals surface area contributed by atoms with E-state index in [0.717, 1.165) is 6.20 Å². The molecule has 8 nitrogen and oxygen atoms in total. The second-order valence-corrected chi connectivity index (χ2v) is 5.68. The van der Waals surface area contributed by atoms with Gasteiger partial charge in [-0.1, -0.05) is 13.8 Å². The number of aromatic nitrogens is 2. The Morgan fingerprint density at radius 3 is 2.50 bits per heavy atom. The number of hydrogen-bond donors (Lipinski definition) is 4. The summed E-state index contributed by atoms with van der Waals surface area (Å²) in [7, 11) is -3.91. The largest absolute Gasteiger partial charge is 0.325 e. The van der Waals surface area contributed by atoms with Gasteiger partial charge in [-0.05, 0) is 0 Å². The molecule has 9 heteroatoms. The minimum Gasteiger partial charge on any atom is -0.313 e. The van der Waals surface area contributed by atoms with Gasteiger partial charge in [0.05, 0.1) is 0 Å². The third-order valence-corrected chi connectivity index (χ3v) is 3.51. The Morgan fingerprint density at radius 2 is 1.94 bits per heavy atom. The zero-order valence-corrected chi connectivity index (χ0v) is 10.9. The van der Waals surface area contributed by atoms with Crippen LogP contribution in [-0.4, -0.2) is 37.5 Å². The van der Waals surface area contributed by atoms with Crippen LogP contribution in [0.15, 0.2) is 20.7 Å². The summed E-state index contributed by atoms with van der Waals surface area (Å²) in [6.07, 6.45) is 0.874. The van der Waals surface area contributed by atoms with Crippen molar-refractivity contribution < 1.29 is 8.42 Å². The van der Waals surface area contributed by atoms with E-state index in [4.69, 9.17) is 0 Å². The lowest BCUT2D eigenvalue weighted by molar-refractivity contribution is 0.558. The van der Waals surface area contributed by atoms with Gasteiger partial charge in [0.2, 0.25) is 10.0 Å². The molecule has 0 fully saturated rings. The van der Waals surface area contributed by atoms with Crippen molar-refractivity contribution in [3.63, 3.8) is 0 Å². The van der Waals surface area contributed by atoms with Gasteiger partial charge in [-0.15, -0.1) is 0 Å². The van der Waals surface area contributed by atoms with E-state index in [9.17, 15) is 18.0 Å². The summed E-state index contributed by atoms with van der Waals surface area (Å²) in [6.45, 7) is 4.46. The van der Waals surface area contributed by atoms with E-state index in [1.54, 1.807) is 0 Å². The van der Waals surface area contributed by atoms with Crippen LogP contribution in [0.4, 0.5) is 0 Å². The number of hydrogen-bond acceptors (Lipinski definition) is 5. The Labute approximate surface area is 104 Å². The summed E-state index contributed by atoms with van der Waals surface area (Å²) in [5.41, 5.74) is -1.69. The number of nitrogens with one attached hydrogen (secondary N) is 4. The van der Waals surface area contributed by atoms with E-state index in [2.05, 4.69) is 15.0 Å². The van der Waals surface area contributed by atoms with Crippen LogP contribution in [-0.2, 0) is 10.0 Å². The summed E-state index contributed by atoms with van der Waals surface area (Å²) in [6, 6.07) is 0.242. The van der Waals surface area contributed by atoms with Gasteiger partial charge < -0.3 is 10.3 Å². The summed E-state index contributed by atoms with van der Waals surface area (Å²) in [5.74, 6) is 0. The molecule has 0 unspecified atom stereocenters. The topological polar surface area (TPSA) is 124 Å². The van der Waals surface area contributed by atoms with Gasteiger partial charge in [0, 0.05) is 25.3 Å². The van der Waals surface area contributed by atoms with E-state index >= 15 is 0 Å². The maximum atomic E-state index is 11.7. The second-order valence-electron chi connectivity index (χ2n) is 3.94. The first-order valence-corrected chi connectivity index (χ1v) is 6.86. The molecule has 0 aliphatic rings. The molecule has 0 aromatic carbocycles. The molecular weight excluding hydrogens is 260 g/mol. The molecule has 0 saturated carbocycles. The lowest BCUT2D eigenvalue weighted by atomic mass is 10.4. The lowest BCUT2D eigenvalue weighted by Gasteiger charge is -2.09. The first kappa shape index (κ1) is 14.6. The van der Waals surface area contributed by atoms with Crippen LogP contribution in [0.1, 0.15) is 13.8 Å². The summed E-state index contributed by atoms with van der Waals surface area (Å²) in [5, 5.41) is 3.02. The number of H-pyrrole nitrogens is 2. The van der Waals surface area contributed by atoms with Crippen LogP contribution in [0.2, 0.25) is 0 Å². The molecule has 0 saturated heterocycles.